The maximum atomic E-state index is 5.87. The highest BCUT2D eigenvalue weighted by Gasteiger charge is 2.17. The molecule has 1 N–H and O–H groups in total. The van der Waals surface area contributed by atoms with Gasteiger partial charge in [0.05, 0.1) is 19.3 Å². The van der Waals surface area contributed by atoms with E-state index < -0.39 is 0 Å². The molecule has 0 radical (unpaired) electrons. The fourth-order valence-electron chi connectivity index (χ4n) is 3.09. The first-order valence-corrected chi connectivity index (χ1v) is 8.55. The molecule has 0 amide bonds. The summed E-state index contributed by atoms with van der Waals surface area (Å²) in [5.41, 5.74) is 1.18. The normalized spacial score (nSPS) is 22.3. The Bertz CT molecular complexity index is 471. The van der Waals surface area contributed by atoms with Gasteiger partial charge < -0.3 is 19.5 Å². The van der Waals surface area contributed by atoms with Crippen LogP contribution in [0.15, 0.2) is 18.2 Å². The summed E-state index contributed by atoms with van der Waals surface area (Å²) in [6.45, 7) is 5.48. The summed E-state index contributed by atoms with van der Waals surface area (Å²) >= 11 is 0. The number of benzene rings is 1. The van der Waals surface area contributed by atoms with Crippen molar-refractivity contribution in [1.82, 2.24) is 5.32 Å². The van der Waals surface area contributed by atoms with Gasteiger partial charge in [0.2, 0.25) is 0 Å². The number of para-hydroxylation sites is 1. The fraction of sp³-hybridized carbons (Fsp3) is 0.667. The first-order chi connectivity index (χ1) is 10.8. The minimum absolute atomic E-state index is 0.478. The maximum Gasteiger partial charge on any atom is 0.165 e. The number of rotatable bonds is 6. The standard InChI is InChI=1S/C18H27NO3/c1-14(8-9-16-6-3-10-20-16)19-13-15-5-2-7-17-18(15)22-12-4-11-21-17/h2,5,7,14,16,19H,3-4,6,8-13H2,1H3/t14-,16-/m1/s1. The average Bonchev–Trinajstić information content (AvgIpc) is 2.94. The van der Waals surface area contributed by atoms with Crippen molar-refractivity contribution >= 4 is 0 Å². The molecule has 0 spiro atoms. The second-order valence-corrected chi connectivity index (χ2v) is 6.29. The van der Waals surface area contributed by atoms with Crippen LogP contribution in [-0.4, -0.2) is 32.0 Å². The summed E-state index contributed by atoms with van der Waals surface area (Å²) in [6, 6.07) is 6.63. The molecule has 3 rings (SSSR count). The van der Waals surface area contributed by atoms with Crippen molar-refractivity contribution < 1.29 is 14.2 Å². The number of hydrogen-bond acceptors (Lipinski definition) is 4. The van der Waals surface area contributed by atoms with Crippen molar-refractivity contribution in [1.29, 1.82) is 0 Å². The second kappa shape index (κ2) is 7.84. The van der Waals surface area contributed by atoms with Crippen molar-refractivity contribution in [3.05, 3.63) is 23.8 Å². The van der Waals surface area contributed by atoms with Crippen LogP contribution >= 0.6 is 0 Å². The minimum Gasteiger partial charge on any atom is -0.490 e. The van der Waals surface area contributed by atoms with Crippen LogP contribution in [0.25, 0.3) is 0 Å². The van der Waals surface area contributed by atoms with Crippen molar-refractivity contribution in [2.45, 2.75) is 57.7 Å². The van der Waals surface area contributed by atoms with Gasteiger partial charge in [0.25, 0.3) is 0 Å². The summed E-state index contributed by atoms with van der Waals surface area (Å²) in [6.07, 6.45) is 6.18. The highest BCUT2D eigenvalue weighted by atomic mass is 16.5. The average molecular weight is 305 g/mol. The summed E-state index contributed by atoms with van der Waals surface area (Å²) in [7, 11) is 0. The molecule has 1 aromatic carbocycles. The monoisotopic (exact) mass is 305 g/mol. The lowest BCUT2D eigenvalue weighted by atomic mass is 10.1. The second-order valence-electron chi connectivity index (χ2n) is 6.29. The molecule has 122 valence electrons. The molecular formula is C18H27NO3. The third-order valence-electron chi connectivity index (χ3n) is 4.44. The first kappa shape index (κ1) is 15.6. The molecule has 0 unspecified atom stereocenters. The van der Waals surface area contributed by atoms with Crippen molar-refractivity contribution in [3.8, 4) is 11.5 Å². The van der Waals surface area contributed by atoms with E-state index in [1.807, 2.05) is 12.1 Å². The third-order valence-corrected chi connectivity index (χ3v) is 4.44. The zero-order valence-corrected chi connectivity index (χ0v) is 13.5. The zero-order valence-electron chi connectivity index (χ0n) is 13.5. The van der Waals surface area contributed by atoms with Gasteiger partial charge in [-0.2, -0.15) is 0 Å². The number of fused-ring (bicyclic) bond motifs is 1. The Balaban J connectivity index is 1.50. The third kappa shape index (κ3) is 4.14. The molecule has 0 aliphatic carbocycles. The molecule has 4 heteroatoms. The van der Waals surface area contributed by atoms with E-state index in [0.29, 0.717) is 12.1 Å². The Hall–Kier alpha value is -1.26. The van der Waals surface area contributed by atoms with Gasteiger partial charge >= 0.3 is 0 Å². The number of nitrogens with one attached hydrogen (secondary N) is 1. The number of hydrogen-bond donors (Lipinski definition) is 1. The van der Waals surface area contributed by atoms with Gasteiger partial charge in [-0.25, -0.2) is 0 Å². The highest BCUT2D eigenvalue weighted by Crippen LogP contribution is 2.33. The van der Waals surface area contributed by atoms with E-state index in [9.17, 15) is 0 Å². The van der Waals surface area contributed by atoms with Gasteiger partial charge in [-0.3, -0.25) is 0 Å². The largest absolute Gasteiger partial charge is 0.490 e. The lowest BCUT2D eigenvalue weighted by Crippen LogP contribution is -2.27. The Morgan fingerprint density at radius 2 is 2.09 bits per heavy atom. The van der Waals surface area contributed by atoms with Crippen LogP contribution in [0.1, 0.15) is 44.6 Å². The van der Waals surface area contributed by atoms with Crippen LogP contribution in [0.2, 0.25) is 0 Å². The van der Waals surface area contributed by atoms with Crippen LogP contribution in [0.5, 0.6) is 11.5 Å². The van der Waals surface area contributed by atoms with Crippen LogP contribution < -0.4 is 14.8 Å². The van der Waals surface area contributed by atoms with E-state index in [1.165, 1.54) is 18.4 Å². The SMILES string of the molecule is C[C@H](CC[C@H]1CCCO1)NCc1cccc2c1OCCCO2. The predicted octanol–water partition coefficient (Wildman–Crippen LogP) is 3.29. The molecule has 22 heavy (non-hydrogen) atoms. The minimum atomic E-state index is 0.478. The van der Waals surface area contributed by atoms with Crippen molar-refractivity contribution in [3.63, 3.8) is 0 Å². The van der Waals surface area contributed by atoms with Gasteiger partial charge in [-0.05, 0) is 38.7 Å². The molecule has 1 saturated heterocycles. The van der Waals surface area contributed by atoms with Crippen molar-refractivity contribution in [2.75, 3.05) is 19.8 Å². The summed E-state index contributed by atoms with van der Waals surface area (Å²) in [5, 5.41) is 3.60. The fourth-order valence-corrected chi connectivity index (χ4v) is 3.09. The van der Waals surface area contributed by atoms with Crippen molar-refractivity contribution in [2.24, 2.45) is 0 Å². The van der Waals surface area contributed by atoms with E-state index in [4.69, 9.17) is 14.2 Å². The molecular weight excluding hydrogens is 278 g/mol. The molecule has 2 aliphatic heterocycles. The molecule has 2 heterocycles. The lowest BCUT2D eigenvalue weighted by Gasteiger charge is -2.18. The van der Waals surface area contributed by atoms with Gasteiger partial charge in [-0.15, -0.1) is 0 Å². The van der Waals surface area contributed by atoms with E-state index >= 15 is 0 Å². The maximum absolute atomic E-state index is 5.87. The Morgan fingerprint density at radius 1 is 1.18 bits per heavy atom. The molecule has 1 aromatic rings. The Labute approximate surface area is 133 Å². The zero-order chi connectivity index (χ0) is 15.2. The van der Waals surface area contributed by atoms with Gasteiger partial charge in [-0.1, -0.05) is 12.1 Å². The van der Waals surface area contributed by atoms with E-state index in [0.717, 1.165) is 57.1 Å². The first-order valence-electron chi connectivity index (χ1n) is 8.55. The van der Waals surface area contributed by atoms with E-state index in [2.05, 4.69) is 18.3 Å². The molecule has 0 saturated carbocycles. The molecule has 0 bridgehead atoms. The topological polar surface area (TPSA) is 39.7 Å². The highest BCUT2D eigenvalue weighted by molar-refractivity contribution is 5.47. The summed E-state index contributed by atoms with van der Waals surface area (Å²) < 4.78 is 17.3. The molecule has 0 aromatic heterocycles. The summed E-state index contributed by atoms with van der Waals surface area (Å²) in [4.78, 5) is 0. The quantitative estimate of drug-likeness (QED) is 0.875. The predicted molar refractivity (Wildman–Crippen MR) is 86.6 cm³/mol. The Kier molecular flexibility index (Phi) is 5.57. The molecule has 4 nitrogen and oxygen atoms in total. The molecule has 2 atom stereocenters. The summed E-state index contributed by atoms with van der Waals surface area (Å²) in [5.74, 6) is 1.79. The van der Waals surface area contributed by atoms with E-state index in [1.54, 1.807) is 0 Å². The van der Waals surface area contributed by atoms with Crippen LogP contribution in [0.4, 0.5) is 0 Å². The molecule has 1 fully saturated rings. The lowest BCUT2D eigenvalue weighted by molar-refractivity contribution is 0.100. The van der Waals surface area contributed by atoms with Crippen LogP contribution in [0.3, 0.4) is 0 Å². The molecule has 2 aliphatic rings. The van der Waals surface area contributed by atoms with Gasteiger partial charge in [0, 0.05) is 31.2 Å². The Morgan fingerprint density at radius 3 is 2.95 bits per heavy atom. The van der Waals surface area contributed by atoms with Crippen LogP contribution in [0, 0.1) is 0 Å². The van der Waals surface area contributed by atoms with Gasteiger partial charge in [0.15, 0.2) is 11.5 Å². The van der Waals surface area contributed by atoms with Gasteiger partial charge in [0.1, 0.15) is 0 Å². The van der Waals surface area contributed by atoms with E-state index in [-0.39, 0.29) is 0 Å². The smallest absolute Gasteiger partial charge is 0.165 e. The number of ether oxygens (including phenoxy) is 3. The van der Waals surface area contributed by atoms with Crippen LogP contribution in [-0.2, 0) is 11.3 Å².